The van der Waals surface area contributed by atoms with Crippen LogP contribution in [-0.4, -0.2) is 67.5 Å². The molecule has 1 N–H and O–H groups in total. The predicted octanol–water partition coefficient (Wildman–Crippen LogP) is 1.21. The van der Waals surface area contributed by atoms with E-state index in [-0.39, 0.29) is 41.9 Å². The zero-order chi connectivity index (χ0) is 24.6. The maximum absolute atomic E-state index is 10.5. The average Bonchev–Trinajstić information content (AvgIpc) is 2.62. The maximum atomic E-state index is 10.5. The monoisotopic (exact) mass is 541 g/mol. The summed E-state index contributed by atoms with van der Waals surface area (Å²) in [6.45, 7) is 9.51. The van der Waals surface area contributed by atoms with E-state index in [0.29, 0.717) is 0 Å². The third-order valence-corrected chi connectivity index (χ3v) is 4.50. The first-order valence-corrected chi connectivity index (χ1v) is 12.6. The van der Waals surface area contributed by atoms with Crippen LogP contribution in [0.5, 0.6) is 0 Å². The van der Waals surface area contributed by atoms with Crippen LogP contribution in [0.25, 0.3) is 0 Å². The minimum absolute atomic E-state index is 0. The van der Waals surface area contributed by atoms with E-state index in [0.717, 1.165) is 0 Å². The molecule has 0 bridgehead atoms. The topological polar surface area (TPSA) is 199 Å². The van der Waals surface area contributed by atoms with Gasteiger partial charge in [-0.1, -0.05) is 5.16 Å². The Morgan fingerprint density at radius 3 is 1.45 bits per heavy atom. The molecule has 0 aliphatic rings. The first-order chi connectivity index (χ1) is 13.8. The number of hydrogen-bond donors (Lipinski definition) is 1. The summed E-state index contributed by atoms with van der Waals surface area (Å²) in [5.74, 6) is 0. The molecule has 0 saturated heterocycles. The van der Waals surface area contributed by atoms with Gasteiger partial charge in [0.15, 0.2) is 0 Å². The van der Waals surface area contributed by atoms with Gasteiger partial charge in [0.05, 0.1) is 26.0 Å². The van der Waals surface area contributed by atoms with Crippen molar-refractivity contribution in [2.75, 3.05) is 33.1 Å². The summed E-state index contributed by atoms with van der Waals surface area (Å²) in [5, 5.41) is 5.81. The third kappa shape index (κ3) is 53.3. The number of nitrogens with one attached hydrogen (secondary N) is 1. The van der Waals surface area contributed by atoms with Gasteiger partial charge in [0.2, 0.25) is 0 Å². The summed E-state index contributed by atoms with van der Waals surface area (Å²) < 4.78 is 40.1. The molecule has 0 aliphatic carbocycles. The largest absolute Gasteiger partial charge is 3.00 e. The first-order valence-electron chi connectivity index (χ1n) is 8.13. The van der Waals surface area contributed by atoms with Crippen molar-refractivity contribution in [2.45, 2.75) is 39.4 Å². The molecule has 178 valence electrons. The molecular weight excluding hydrogens is 512 g/mol. The SMILES string of the molecule is CCO[P+](=O)[O-].CCO[P+](=O)[O-].CCO[P+](=O)[O-].CNC(=O)O/N=C/C(C)(C)SC.[Al+3]. The van der Waals surface area contributed by atoms with E-state index in [1.165, 1.54) is 7.05 Å². The van der Waals surface area contributed by atoms with Crippen LogP contribution in [0.3, 0.4) is 0 Å². The van der Waals surface area contributed by atoms with Gasteiger partial charge in [-0.25, -0.2) is 4.79 Å². The van der Waals surface area contributed by atoms with Crippen molar-refractivity contribution in [1.29, 1.82) is 0 Å². The van der Waals surface area contributed by atoms with E-state index in [1.807, 2.05) is 20.1 Å². The Balaban J connectivity index is -0.000000102. The fraction of sp³-hybridized carbons (Fsp3) is 0.846. The van der Waals surface area contributed by atoms with Gasteiger partial charge in [-0.3, -0.25) is 4.84 Å². The quantitative estimate of drug-likeness (QED) is 0.144. The third-order valence-electron chi connectivity index (χ3n) is 1.93. The summed E-state index contributed by atoms with van der Waals surface area (Å²) in [6, 6.07) is 0. The van der Waals surface area contributed by atoms with Crippen LogP contribution < -0.4 is 20.0 Å². The summed E-state index contributed by atoms with van der Waals surface area (Å²) in [6.07, 6.45) is 3.00. The van der Waals surface area contributed by atoms with Gasteiger partial charge in [-0.2, -0.15) is 11.8 Å². The molecule has 0 aromatic carbocycles. The van der Waals surface area contributed by atoms with Crippen LogP contribution in [0.1, 0.15) is 34.6 Å². The Labute approximate surface area is 200 Å². The van der Waals surface area contributed by atoms with Crippen molar-refractivity contribution in [3.63, 3.8) is 0 Å². The molecule has 0 fully saturated rings. The number of rotatable bonds is 9. The summed E-state index contributed by atoms with van der Waals surface area (Å²) in [5.41, 5.74) is 0. The maximum Gasteiger partial charge on any atom is 3.00 e. The molecule has 0 aromatic rings. The van der Waals surface area contributed by atoms with E-state index in [2.05, 4.69) is 28.9 Å². The number of oxime groups is 1. The minimum Gasteiger partial charge on any atom is -0.566 e. The van der Waals surface area contributed by atoms with Gasteiger partial charge >= 0.3 is 48.2 Å². The molecule has 31 heavy (non-hydrogen) atoms. The van der Waals surface area contributed by atoms with Crippen LogP contribution in [-0.2, 0) is 32.1 Å². The normalized spacial score (nSPS) is 11.1. The number of carbonyl (C=O) groups is 1. The molecule has 3 unspecified atom stereocenters. The minimum atomic E-state index is -2.60. The Hall–Kier alpha value is -0.118. The molecule has 0 radical (unpaired) electrons. The van der Waals surface area contributed by atoms with Crippen molar-refractivity contribution in [3.05, 3.63) is 0 Å². The van der Waals surface area contributed by atoms with Gasteiger partial charge in [-0.05, 0) is 54.6 Å². The number of nitrogens with zero attached hydrogens (tertiary/aromatic N) is 1. The van der Waals surface area contributed by atoms with Crippen molar-refractivity contribution >= 4 is 66.2 Å². The Kier molecular flexibility index (Phi) is 39.7. The van der Waals surface area contributed by atoms with Crippen molar-refractivity contribution < 1.29 is 51.6 Å². The van der Waals surface area contributed by atoms with Crippen molar-refractivity contribution in [1.82, 2.24) is 5.32 Å². The fourth-order valence-corrected chi connectivity index (χ4v) is 1.40. The molecule has 18 heteroatoms. The zero-order valence-corrected chi connectivity index (χ0v) is 23.1. The second kappa shape index (κ2) is 29.9. The van der Waals surface area contributed by atoms with Crippen LogP contribution in [0, 0.1) is 0 Å². The van der Waals surface area contributed by atoms with E-state index in [1.54, 1.807) is 38.7 Å². The van der Waals surface area contributed by atoms with E-state index >= 15 is 0 Å². The van der Waals surface area contributed by atoms with Crippen LogP contribution in [0.2, 0.25) is 0 Å². The molecule has 0 spiro atoms. The van der Waals surface area contributed by atoms with Gasteiger partial charge in [0.25, 0.3) is 0 Å². The Bertz CT molecular complexity index is 479. The molecule has 0 rings (SSSR count). The predicted molar refractivity (Wildman–Crippen MR) is 115 cm³/mol. The molecule has 13 nitrogen and oxygen atoms in total. The fourth-order valence-electron chi connectivity index (χ4n) is 0.616. The molecule has 1 amide bonds. The number of hydrogen-bond acceptors (Lipinski definition) is 13. The van der Waals surface area contributed by atoms with Gasteiger partial charge in [-0.15, -0.1) is 13.6 Å². The molecule has 0 aliphatic heterocycles. The van der Waals surface area contributed by atoms with E-state index in [4.69, 9.17) is 0 Å². The number of thioether (sulfide) groups is 1. The second-order valence-corrected chi connectivity index (χ2v) is 8.17. The second-order valence-electron chi connectivity index (χ2n) is 4.59. The molecule has 0 aromatic heterocycles. The number of carbonyl (C=O) groups excluding carboxylic acids is 1. The standard InChI is InChI=1S/C7H14N2O2S.3C2H5O3P.Al/c1-7(2,12-4)5-9-11-6(10)8-3;3*1-2-5-6(3)4;/h5H,1-4H3,(H,8,10);3*2H2,1H3;/q;;;;+3/b9-5+;;;;. The van der Waals surface area contributed by atoms with Crippen LogP contribution >= 0.6 is 36.5 Å². The molecule has 0 heterocycles. The Morgan fingerprint density at radius 2 is 1.29 bits per heavy atom. The van der Waals surface area contributed by atoms with Crippen molar-refractivity contribution in [2.24, 2.45) is 5.16 Å². The first kappa shape index (κ1) is 41.2. The Morgan fingerprint density at radius 1 is 0.968 bits per heavy atom. The van der Waals surface area contributed by atoms with Crippen LogP contribution in [0.4, 0.5) is 4.79 Å². The van der Waals surface area contributed by atoms with Gasteiger partial charge < -0.3 is 20.0 Å². The van der Waals surface area contributed by atoms with Crippen molar-refractivity contribution in [3.8, 4) is 0 Å². The molecular formula is C13H29AlN2O11P3S+3. The molecule has 3 atom stereocenters. The van der Waals surface area contributed by atoms with Gasteiger partial charge in [0, 0.05) is 11.8 Å². The summed E-state index contributed by atoms with van der Waals surface area (Å²) in [7, 11) is -6.32. The summed E-state index contributed by atoms with van der Waals surface area (Å²) in [4.78, 5) is 43.2. The average molecular weight is 541 g/mol. The van der Waals surface area contributed by atoms with Crippen LogP contribution in [0.15, 0.2) is 5.16 Å². The smallest absolute Gasteiger partial charge is 0.566 e. The van der Waals surface area contributed by atoms with E-state index < -0.39 is 30.9 Å². The summed E-state index contributed by atoms with van der Waals surface area (Å²) >= 11 is 1.63. The number of amides is 1. The van der Waals surface area contributed by atoms with Gasteiger partial charge in [0.1, 0.15) is 0 Å². The van der Waals surface area contributed by atoms with E-state index in [9.17, 15) is 33.2 Å². The zero-order valence-electron chi connectivity index (χ0n) is 18.5. The molecule has 0 saturated carbocycles.